The number of hydrogen-bond acceptors (Lipinski definition) is 3. The van der Waals surface area contributed by atoms with Crippen molar-refractivity contribution in [3.8, 4) is 0 Å². The number of nitrogens with zero attached hydrogens (tertiary/aromatic N) is 1. The molecule has 0 spiro atoms. The highest BCUT2D eigenvalue weighted by molar-refractivity contribution is 5.83. The summed E-state index contributed by atoms with van der Waals surface area (Å²) < 4.78 is 0. The molecule has 0 radical (unpaired) electrons. The minimum atomic E-state index is -0.290. The molecule has 0 unspecified atom stereocenters. The molecule has 0 aliphatic heterocycles. The van der Waals surface area contributed by atoms with Crippen LogP contribution in [0, 0.1) is 0 Å². The Balaban J connectivity index is 2.39. The molecule has 0 aromatic heterocycles. The van der Waals surface area contributed by atoms with Crippen LogP contribution in [0.15, 0.2) is 0 Å². The molecular formula is C15H29N3O2. The van der Waals surface area contributed by atoms with Gasteiger partial charge in [0.2, 0.25) is 11.8 Å². The number of amides is 2. The first-order chi connectivity index (χ1) is 9.19. The lowest BCUT2D eigenvalue weighted by atomic mass is 10.1. The molecule has 0 aromatic carbocycles. The quantitative estimate of drug-likeness (QED) is 0.799. The van der Waals surface area contributed by atoms with Gasteiger partial charge in [-0.3, -0.25) is 14.5 Å². The monoisotopic (exact) mass is 283 g/mol. The molecule has 1 saturated carbocycles. The Kier molecular flexibility index (Phi) is 5.99. The Morgan fingerprint density at radius 2 is 1.80 bits per heavy atom. The van der Waals surface area contributed by atoms with Gasteiger partial charge in [0.15, 0.2) is 0 Å². The molecule has 5 nitrogen and oxygen atoms in total. The molecule has 1 fully saturated rings. The van der Waals surface area contributed by atoms with E-state index in [2.05, 4.69) is 10.6 Å². The number of carbonyl (C=O) groups excluding carboxylic acids is 2. The molecule has 0 saturated heterocycles. The van der Waals surface area contributed by atoms with E-state index in [1.165, 1.54) is 12.8 Å². The summed E-state index contributed by atoms with van der Waals surface area (Å²) in [5, 5.41) is 5.97. The first kappa shape index (κ1) is 17.0. The average molecular weight is 283 g/mol. The number of hydrogen-bond donors (Lipinski definition) is 2. The summed E-state index contributed by atoms with van der Waals surface area (Å²) in [5.41, 5.74) is -0.243. The second-order valence-corrected chi connectivity index (χ2v) is 6.88. The fourth-order valence-corrected chi connectivity index (χ4v) is 2.41. The maximum absolute atomic E-state index is 12.1. The second-order valence-electron chi connectivity index (χ2n) is 6.88. The molecule has 0 aromatic rings. The van der Waals surface area contributed by atoms with Crippen molar-refractivity contribution >= 4 is 11.8 Å². The standard InChI is InChI=1S/C15H29N3O2/c1-11(14(20)16-12-8-6-7-9-12)18(5)10-13(19)17-15(2,3)4/h11-12H,6-10H2,1-5H3,(H,16,20)(H,17,19)/t11-/m0/s1. The summed E-state index contributed by atoms with van der Waals surface area (Å²) in [6.07, 6.45) is 4.55. The predicted octanol–water partition coefficient (Wildman–Crippen LogP) is 1.28. The largest absolute Gasteiger partial charge is 0.352 e. The summed E-state index contributed by atoms with van der Waals surface area (Å²) in [5.74, 6) is -0.0384. The lowest BCUT2D eigenvalue weighted by molar-refractivity contribution is -0.128. The molecule has 1 rings (SSSR count). The van der Waals surface area contributed by atoms with E-state index >= 15 is 0 Å². The number of likely N-dealkylation sites (N-methyl/N-ethyl adjacent to an activating group) is 1. The van der Waals surface area contributed by atoms with Gasteiger partial charge in [-0.1, -0.05) is 12.8 Å². The molecule has 0 bridgehead atoms. The Hall–Kier alpha value is -1.10. The minimum absolute atomic E-state index is 0.0166. The fourth-order valence-electron chi connectivity index (χ4n) is 2.41. The zero-order valence-corrected chi connectivity index (χ0v) is 13.5. The summed E-state index contributed by atoms with van der Waals surface area (Å²) in [4.78, 5) is 25.8. The van der Waals surface area contributed by atoms with Gasteiger partial charge in [0.25, 0.3) is 0 Å². The maximum atomic E-state index is 12.1. The van der Waals surface area contributed by atoms with Gasteiger partial charge in [-0.05, 0) is 47.6 Å². The Morgan fingerprint density at radius 3 is 2.30 bits per heavy atom. The van der Waals surface area contributed by atoms with Crippen LogP contribution in [-0.2, 0) is 9.59 Å². The van der Waals surface area contributed by atoms with E-state index in [0.29, 0.717) is 6.04 Å². The highest BCUT2D eigenvalue weighted by Crippen LogP contribution is 2.17. The van der Waals surface area contributed by atoms with E-state index < -0.39 is 0 Å². The lowest BCUT2D eigenvalue weighted by Gasteiger charge is -2.27. The molecule has 116 valence electrons. The zero-order chi connectivity index (χ0) is 15.3. The molecule has 1 aliphatic rings. The normalized spacial score (nSPS) is 18.1. The molecule has 2 N–H and O–H groups in total. The lowest BCUT2D eigenvalue weighted by Crippen LogP contribution is -2.51. The van der Waals surface area contributed by atoms with Crippen LogP contribution in [0.25, 0.3) is 0 Å². The third-order valence-corrected chi connectivity index (χ3v) is 3.65. The van der Waals surface area contributed by atoms with Crippen molar-refractivity contribution in [3.05, 3.63) is 0 Å². The molecule has 2 amide bonds. The van der Waals surface area contributed by atoms with E-state index in [-0.39, 0.29) is 29.9 Å². The van der Waals surface area contributed by atoms with Crippen LogP contribution >= 0.6 is 0 Å². The first-order valence-electron chi connectivity index (χ1n) is 7.50. The van der Waals surface area contributed by atoms with Crippen LogP contribution in [0.4, 0.5) is 0 Å². The van der Waals surface area contributed by atoms with E-state index in [4.69, 9.17) is 0 Å². The van der Waals surface area contributed by atoms with Crippen LogP contribution in [0.1, 0.15) is 53.4 Å². The van der Waals surface area contributed by atoms with Gasteiger partial charge in [-0.25, -0.2) is 0 Å². The van der Waals surface area contributed by atoms with E-state index in [1.807, 2.05) is 27.7 Å². The summed E-state index contributed by atoms with van der Waals surface area (Å²) in [7, 11) is 1.81. The van der Waals surface area contributed by atoms with Crippen molar-refractivity contribution < 1.29 is 9.59 Å². The topological polar surface area (TPSA) is 61.4 Å². The fraction of sp³-hybridized carbons (Fsp3) is 0.867. The minimum Gasteiger partial charge on any atom is -0.352 e. The van der Waals surface area contributed by atoms with Crippen LogP contribution in [-0.4, -0.2) is 47.9 Å². The Morgan fingerprint density at radius 1 is 1.25 bits per heavy atom. The Bertz CT molecular complexity index is 344. The first-order valence-corrected chi connectivity index (χ1v) is 7.50. The molecule has 20 heavy (non-hydrogen) atoms. The number of carbonyl (C=O) groups is 2. The Labute approximate surface area is 122 Å². The van der Waals surface area contributed by atoms with Crippen molar-refractivity contribution in [3.63, 3.8) is 0 Å². The summed E-state index contributed by atoms with van der Waals surface area (Å²) >= 11 is 0. The van der Waals surface area contributed by atoms with Crippen molar-refractivity contribution in [1.29, 1.82) is 0 Å². The molecule has 0 heterocycles. The van der Waals surface area contributed by atoms with E-state index in [1.54, 1.807) is 11.9 Å². The highest BCUT2D eigenvalue weighted by Gasteiger charge is 2.24. The van der Waals surface area contributed by atoms with E-state index in [9.17, 15) is 9.59 Å². The van der Waals surface area contributed by atoms with Crippen molar-refractivity contribution in [1.82, 2.24) is 15.5 Å². The van der Waals surface area contributed by atoms with Gasteiger partial charge < -0.3 is 10.6 Å². The number of rotatable bonds is 5. The molecule has 1 aliphatic carbocycles. The van der Waals surface area contributed by atoms with E-state index in [0.717, 1.165) is 12.8 Å². The van der Waals surface area contributed by atoms with Crippen LogP contribution in [0.5, 0.6) is 0 Å². The third kappa shape index (κ3) is 5.90. The van der Waals surface area contributed by atoms with Gasteiger partial charge in [-0.15, -0.1) is 0 Å². The van der Waals surface area contributed by atoms with Crippen LogP contribution in [0.2, 0.25) is 0 Å². The van der Waals surface area contributed by atoms with Gasteiger partial charge in [0, 0.05) is 11.6 Å². The van der Waals surface area contributed by atoms with Gasteiger partial charge in [-0.2, -0.15) is 0 Å². The van der Waals surface area contributed by atoms with Crippen molar-refractivity contribution in [2.75, 3.05) is 13.6 Å². The SMILES string of the molecule is C[C@@H](C(=O)NC1CCCC1)N(C)CC(=O)NC(C)(C)C. The van der Waals surface area contributed by atoms with Crippen molar-refractivity contribution in [2.45, 2.75) is 71.0 Å². The molecule has 5 heteroatoms. The summed E-state index contributed by atoms with van der Waals surface area (Å²) in [6, 6.07) is 0.0306. The third-order valence-electron chi connectivity index (χ3n) is 3.65. The zero-order valence-electron chi connectivity index (χ0n) is 13.5. The van der Waals surface area contributed by atoms with Crippen LogP contribution < -0.4 is 10.6 Å². The highest BCUT2D eigenvalue weighted by atomic mass is 16.2. The van der Waals surface area contributed by atoms with Gasteiger partial charge in [0.1, 0.15) is 0 Å². The average Bonchev–Trinajstić information content (AvgIpc) is 2.77. The second kappa shape index (κ2) is 7.07. The number of nitrogens with one attached hydrogen (secondary N) is 2. The molecular weight excluding hydrogens is 254 g/mol. The summed E-state index contributed by atoms with van der Waals surface area (Å²) in [6.45, 7) is 7.91. The van der Waals surface area contributed by atoms with Gasteiger partial charge >= 0.3 is 0 Å². The van der Waals surface area contributed by atoms with Crippen LogP contribution in [0.3, 0.4) is 0 Å². The van der Waals surface area contributed by atoms with Crippen molar-refractivity contribution in [2.24, 2.45) is 0 Å². The van der Waals surface area contributed by atoms with Gasteiger partial charge in [0.05, 0.1) is 12.6 Å². The smallest absolute Gasteiger partial charge is 0.237 e. The molecule has 1 atom stereocenters. The maximum Gasteiger partial charge on any atom is 0.237 e. The predicted molar refractivity (Wildman–Crippen MR) is 80.4 cm³/mol.